The van der Waals surface area contributed by atoms with Gasteiger partial charge >= 0.3 is 0 Å². The number of rotatable bonds is 6. The molecule has 0 spiro atoms. The van der Waals surface area contributed by atoms with Crippen LogP contribution in [0.3, 0.4) is 0 Å². The van der Waals surface area contributed by atoms with E-state index in [1.54, 1.807) is 12.1 Å². The van der Waals surface area contributed by atoms with Gasteiger partial charge in [0.2, 0.25) is 0 Å². The third-order valence-electron chi connectivity index (χ3n) is 5.27. The average molecular weight is 365 g/mol. The second kappa shape index (κ2) is 5.83. The van der Waals surface area contributed by atoms with Crippen LogP contribution in [-0.4, -0.2) is 46.8 Å². The van der Waals surface area contributed by atoms with Crippen molar-refractivity contribution < 1.29 is 0 Å². The van der Waals surface area contributed by atoms with Gasteiger partial charge in [0.05, 0.1) is 0 Å². The van der Waals surface area contributed by atoms with Crippen molar-refractivity contribution >= 4 is 46.8 Å². The molecule has 0 aliphatic heterocycles. The Hall–Kier alpha value is 1.30. The Morgan fingerprint density at radius 2 is 0.842 bits per heavy atom. The van der Waals surface area contributed by atoms with Crippen LogP contribution in [0, 0.1) is 0 Å². The minimum atomic E-state index is -1.07. The molecule has 0 amide bonds. The van der Waals surface area contributed by atoms with Crippen LogP contribution in [0.4, 0.5) is 0 Å². The van der Waals surface area contributed by atoms with Crippen molar-refractivity contribution in [3.63, 3.8) is 0 Å². The fourth-order valence-corrected chi connectivity index (χ4v) is 186. The van der Waals surface area contributed by atoms with Gasteiger partial charge in [-0.05, 0) is 0 Å². The van der Waals surface area contributed by atoms with Gasteiger partial charge in [-0.3, -0.25) is 0 Å². The zero-order valence-electron chi connectivity index (χ0n) is 15.9. The van der Waals surface area contributed by atoms with E-state index < -0.39 is 36.5 Å². The molecule has 0 atom stereocenters. The van der Waals surface area contributed by atoms with E-state index in [0.717, 1.165) is 0 Å². The third kappa shape index (κ3) is 3.39. The first kappa shape index (κ1) is 20.3. The summed E-state index contributed by atoms with van der Waals surface area (Å²) in [5.74, 6) is 0. The van der Waals surface area contributed by atoms with Crippen molar-refractivity contribution in [1.29, 1.82) is 0 Å². The van der Waals surface area contributed by atoms with Crippen LogP contribution in [0.1, 0.15) is 0 Å². The maximum Gasteiger partial charge on any atom is 0.0342 e. The van der Waals surface area contributed by atoms with Gasteiger partial charge in [0.1, 0.15) is 0 Å². The summed E-state index contributed by atoms with van der Waals surface area (Å²) in [5.41, 5.74) is 0. The molecule has 19 heavy (non-hydrogen) atoms. The standard InChI is InChI=1S/C13H40Si6/c1-15(2,3)19(16(4,5)6,17(7,8)9)18(10,11)13-12-14/h12-13H2,1-11,14H3. The van der Waals surface area contributed by atoms with E-state index in [9.17, 15) is 0 Å². The molecule has 0 unspecified atom stereocenters. The topological polar surface area (TPSA) is 0 Å². The van der Waals surface area contributed by atoms with E-state index in [0.29, 0.717) is 0 Å². The highest BCUT2D eigenvalue weighted by molar-refractivity contribution is 8.06. The van der Waals surface area contributed by atoms with Crippen LogP contribution in [-0.2, 0) is 0 Å². The molecule has 0 fully saturated rings. The van der Waals surface area contributed by atoms with Gasteiger partial charge in [-0.15, -0.1) is 0 Å². The molecule has 0 aliphatic carbocycles. The van der Waals surface area contributed by atoms with Crippen molar-refractivity contribution in [3.8, 4) is 0 Å². The summed E-state index contributed by atoms with van der Waals surface area (Å²) in [6.45, 7) is 30.5. The molecule has 0 N–H and O–H groups in total. The summed E-state index contributed by atoms with van der Waals surface area (Å²) in [4.78, 5) is 0. The number of hydrogen-bond acceptors (Lipinski definition) is 0. The Morgan fingerprint density at radius 1 is 0.579 bits per heavy atom. The fraction of sp³-hybridized carbons (Fsp3) is 1.00. The SMILES string of the molecule is C[Si](C)(C)[Si]([Si](C)(C)C)([Si](C)(C)C)[Si](C)(C)CC[SiH3]. The molecular weight excluding hydrogens is 325 g/mol. The second-order valence-electron chi connectivity index (χ2n) is 10.1. The predicted molar refractivity (Wildman–Crippen MR) is 113 cm³/mol. The molecule has 0 aromatic carbocycles. The van der Waals surface area contributed by atoms with E-state index >= 15 is 0 Å². The minimum absolute atomic E-state index is 1.03. The Bertz CT molecular complexity index is 267. The van der Waals surface area contributed by atoms with Crippen LogP contribution in [0.2, 0.25) is 84.1 Å². The maximum absolute atomic E-state index is 2.83. The highest BCUT2D eigenvalue weighted by atomic mass is 30.2. The molecule has 0 aromatic rings. The molecule has 0 rings (SSSR count). The van der Waals surface area contributed by atoms with Crippen LogP contribution >= 0.6 is 0 Å². The first-order valence-electron chi connectivity index (χ1n) is 8.06. The summed E-state index contributed by atoms with van der Waals surface area (Å²) >= 11 is 0. The highest BCUT2D eigenvalue weighted by Crippen LogP contribution is 2.44. The Balaban J connectivity index is 6.44. The summed E-state index contributed by atoms with van der Waals surface area (Å²) in [7, 11) is -2.74. The first-order chi connectivity index (χ1) is 8.06. The lowest BCUT2D eigenvalue weighted by atomic mass is 10.9. The molecule has 116 valence electrons. The van der Waals surface area contributed by atoms with Gasteiger partial charge in [0.25, 0.3) is 0 Å². The molecular formula is C13H40Si6. The Kier molecular flexibility index (Phi) is 6.23. The van der Waals surface area contributed by atoms with E-state index in [1.165, 1.54) is 10.2 Å². The highest BCUT2D eigenvalue weighted by Gasteiger charge is 2.68. The summed E-state index contributed by atoms with van der Waals surface area (Å²) in [6.07, 6.45) is -1.07. The van der Waals surface area contributed by atoms with Crippen LogP contribution < -0.4 is 0 Å². The smallest absolute Gasteiger partial charge is 0.0342 e. The van der Waals surface area contributed by atoms with Crippen LogP contribution in [0.5, 0.6) is 0 Å². The summed E-state index contributed by atoms with van der Waals surface area (Å²) in [5, 5.41) is 0. The van der Waals surface area contributed by atoms with Gasteiger partial charge in [-0.1, -0.05) is 84.1 Å². The van der Waals surface area contributed by atoms with Crippen molar-refractivity contribution in [2.24, 2.45) is 0 Å². The second-order valence-corrected chi connectivity index (χ2v) is 66.0. The lowest BCUT2D eigenvalue weighted by molar-refractivity contribution is 1.38. The lowest BCUT2D eigenvalue weighted by Gasteiger charge is -2.64. The van der Waals surface area contributed by atoms with Crippen molar-refractivity contribution in [2.75, 3.05) is 0 Å². The summed E-state index contributed by atoms with van der Waals surface area (Å²) < 4.78 is 0. The van der Waals surface area contributed by atoms with Gasteiger partial charge in [0.15, 0.2) is 0 Å². The van der Waals surface area contributed by atoms with Gasteiger partial charge < -0.3 is 0 Å². The van der Waals surface area contributed by atoms with Crippen molar-refractivity contribution in [2.45, 2.75) is 84.1 Å². The zero-order valence-corrected chi connectivity index (χ0v) is 22.9. The van der Waals surface area contributed by atoms with E-state index in [4.69, 9.17) is 0 Å². The van der Waals surface area contributed by atoms with Crippen molar-refractivity contribution in [1.82, 2.24) is 0 Å². The monoisotopic (exact) mass is 364 g/mol. The van der Waals surface area contributed by atoms with E-state index in [1.807, 2.05) is 0 Å². The molecule has 0 aliphatic rings. The van der Waals surface area contributed by atoms with Gasteiger partial charge in [-0.25, -0.2) is 0 Å². The quantitative estimate of drug-likeness (QED) is 0.618. The van der Waals surface area contributed by atoms with Crippen LogP contribution in [0.15, 0.2) is 0 Å². The molecule has 0 saturated heterocycles. The van der Waals surface area contributed by atoms with E-state index in [2.05, 4.69) is 72.0 Å². The molecule has 0 bridgehead atoms. The Morgan fingerprint density at radius 3 is 1.00 bits per heavy atom. The molecule has 6 heteroatoms. The molecule has 0 radical (unpaired) electrons. The molecule has 0 aromatic heterocycles. The molecule has 0 saturated carbocycles. The average Bonchev–Trinajstić information content (AvgIpc) is 1.91. The normalized spacial score (nSPS) is 15.9. The van der Waals surface area contributed by atoms with Gasteiger partial charge in [-0.2, -0.15) is 0 Å². The predicted octanol–water partition coefficient (Wildman–Crippen LogP) is 4.26. The lowest BCUT2D eigenvalue weighted by Crippen LogP contribution is -2.92. The van der Waals surface area contributed by atoms with Crippen molar-refractivity contribution in [3.05, 3.63) is 0 Å². The van der Waals surface area contributed by atoms with Gasteiger partial charge in [0, 0.05) is 46.8 Å². The fourth-order valence-electron chi connectivity index (χ4n) is 7.23. The minimum Gasteiger partial charge on any atom is -0.0720 e. The molecule has 0 nitrogen and oxygen atoms in total. The first-order valence-corrected chi connectivity index (χ1v) is 29.2. The summed E-state index contributed by atoms with van der Waals surface area (Å²) in [6, 6.07) is 3.22. The van der Waals surface area contributed by atoms with Crippen LogP contribution in [0.25, 0.3) is 0 Å². The largest absolute Gasteiger partial charge is 0.0720 e. The van der Waals surface area contributed by atoms with E-state index in [-0.39, 0.29) is 0 Å². The zero-order chi connectivity index (χ0) is 15.9. The Labute approximate surface area is 130 Å². The maximum atomic E-state index is 2.83. The number of hydrogen-bond donors (Lipinski definition) is 0. The molecule has 0 heterocycles. The third-order valence-corrected chi connectivity index (χ3v) is 123.